The second-order valence-electron chi connectivity index (χ2n) is 8.82. The minimum Gasteiger partial charge on any atom is -0.489 e. The van der Waals surface area contributed by atoms with Crippen LogP contribution in [0.5, 0.6) is 5.75 Å². The lowest BCUT2D eigenvalue weighted by Crippen LogP contribution is -2.33. The smallest absolute Gasteiger partial charge is 0.119 e. The summed E-state index contributed by atoms with van der Waals surface area (Å²) in [7, 11) is 0. The Balaban J connectivity index is 1.28. The van der Waals surface area contributed by atoms with Gasteiger partial charge in [0.05, 0.1) is 6.10 Å². The molecule has 0 spiro atoms. The van der Waals surface area contributed by atoms with Crippen molar-refractivity contribution in [2.24, 2.45) is 5.92 Å². The van der Waals surface area contributed by atoms with Crippen molar-refractivity contribution in [3.8, 4) is 5.75 Å². The van der Waals surface area contributed by atoms with Gasteiger partial charge in [0, 0.05) is 19.3 Å². The molecule has 2 aromatic rings. The molecule has 0 aliphatic heterocycles. The Labute approximate surface area is 188 Å². The van der Waals surface area contributed by atoms with Crippen LogP contribution in [0.3, 0.4) is 0 Å². The summed E-state index contributed by atoms with van der Waals surface area (Å²) in [4.78, 5) is 0. The van der Waals surface area contributed by atoms with Gasteiger partial charge < -0.3 is 19.9 Å². The number of aliphatic hydroxyl groups excluding tert-OH is 1. The van der Waals surface area contributed by atoms with Crippen molar-refractivity contribution in [3.63, 3.8) is 0 Å². The zero-order valence-electron chi connectivity index (χ0n) is 19.0. The Hall–Kier alpha value is -1.88. The summed E-state index contributed by atoms with van der Waals surface area (Å²) in [6.07, 6.45) is 8.44. The Morgan fingerprint density at radius 3 is 2.45 bits per heavy atom. The molecule has 1 aliphatic carbocycles. The van der Waals surface area contributed by atoms with Gasteiger partial charge >= 0.3 is 0 Å². The van der Waals surface area contributed by atoms with Gasteiger partial charge in [0.2, 0.25) is 0 Å². The van der Waals surface area contributed by atoms with E-state index in [1.165, 1.54) is 32.1 Å². The molecule has 0 aromatic heterocycles. The van der Waals surface area contributed by atoms with Gasteiger partial charge in [-0.05, 0) is 68.3 Å². The third-order valence-corrected chi connectivity index (χ3v) is 6.20. The summed E-state index contributed by atoms with van der Waals surface area (Å²) in [5.41, 5.74) is 2.05. The van der Waals surface area contributed by atoms with E-state index in [0.29, 0.717) is 6.61 Å². The second kappa shape index (κ2) is 13.5. The van der Waals surface area contributed by atoms with E-state index in [-0.39, 0.29) is 6.04 Å². The second-order valence-corrected chi connectivity index (χ2v) is 8.82. The molecule has 1 aliphatic rings. The third-order valence-electron chi connectivity index (χ3n) is 6.20. The number of unbranched alkanes of at least 4 members (excludes halogenated alkanes) is 1. The minimum atomic E-state index is -0.536. The highest BCUT2D eigenvalue weighted by Crippen LogP contribution is 2.24. The molecule has 31 heavy (non-hydrogen) atoms. The normalized spacial score (nSPS) is 16.7. The number of aliphatic hydroxyl groups is 1. The summed E-state index contributed by atoms with van der Waals surface area (Å²) >= 11 is 0. The molecule has 4 heteroatoms. The first-order chi connectivity index (χ1) is 15.2. The van der Waals surface area contributed by atoms with Crippen molar-refractivity contribution in [1.29, 1.82) is 0 Å². The van der Waals surface area contributed by atoms with Gasteiger partial charge in [-0.3, -0.25) is 0 Å². The van der Waals surface area contributed by atoms with Crippen molar-refractivity contribution in [2.75, 3.05) is 19.8 Å². The zero-order chi connectivity index (χ0) is 21.7. The molecular weight excluding hydrogens is 386 g/mol. The Morgan fingerprint density at radius 2 is 1.71 bits per heavy atom. The highest BCUT2D eigenvalue weighted by Gasteiger charge is 2.16. The van der Waals surface area contributed by atoms with Gasteiger partial charge in [-0.25, -0.2) is 0 Å². The molecule has 3 rings (SSSR count). The van der Waals surface area contributed by atoms with E-state index in [1.807, 2.05) is 61.5 Å². The van der Waals surface area contributed by atoms with Crippen molar-refractivity contribution in [1.82, 2.24) is 5.32 Å². The van der Waals surface area contributed by atoms with Crippen LogP contribution in [0.1, 0.15) is 69.1 Å². The van der Waals surface area contributed by atoms with E-state index in [2.05, 4.69) is 5.32 Å². The fourth-order valence-electron chi connectivity index (χ4n) is 4.17. The maximum atomic E-state index is 10.6. The number of benzene rings is 2. The Morgan fingerprint density at radius 1 is 0.968 bits per heavy atom. The van der Waals surface area contributed by atoms with E-state index in [9.17, 15) is 5.11 Å². The topological polar surface area (TPSA) is 50.7 Å². The first-order valence-electron chi connectivity index (χ1n) is 12.0. The number of hydrogen-bond donors (Lipinski definition) is 2. The van der Waals surface area contributed by atoms with E-state index in [1.54, 1.807) is 0 Å². The zero-order valence-corrected chi connectivity index (χ0v) is 19.0. The van der Waals surface area contributed by atoms with Gasteiger partial charge in [0.1, 0.15) is 12.4 Å². The lowest BCUT2D eigenvalue weighted by molar-refractivity contribution is 0.0821. The van der Waals surface area contributed by atoms with Crippen LogP contribution in [0.4, 0.5) is 0 Å². The maximum Gasteiger partial charge on any atom is 0.119 e. The van der Waals surface area contributed by atoms with Crippen molar-refractivity contribution in [2.45, 2.75) is 70.6 Å². The maximum absolute atomic E-state index is 10.6. The lowest BCUT2D eigenvalue weighted by Gasteiger charge is -2.22. The van der Waals surface area contributed by atoms with Gasteiger partial charge in [-0.1, -0.05) is 61.7 Å². The highest BCUT2D eigenvalue weighted by atomic mass is 16.5. The van der Waals surface area contributed by atoms with Gasteiger partial charge in [-0.2, -0.15) is 0 Å². The molecular formula is C27H39NO3. The molecule has 2 unspecified atom stereocenters. The standard InChI is InChI=1S/C27H39NO3/c1-22(28-18-8-9-19-30-20-23-10-4-2-5-11-23)27(29)25-14-16-26(17-15-25)31-21-24-12-6-3-7-13-24/h3,6-7,12-17,22-23,27-29H,2,4-5,8-11,18-21H2,1H3. The predicted octanol–water partition coefficient (Wildman–Crippen LogP) is 5.65. The molecule has 4 nitrogen and oxygen atoms in total. The molecule has 2 atom stereocenters. The molecule has 2 N–H and O–H groups in total. The molecule has 0 amide bonds. The van der Waals surface area contributed by atoms with Crippen molar-refractivity contribution in [3.05, 3.63) is 65.7 Å². The van der Waals surface area contributed by atoms with Crippen molar-refractivity contribution >= 4 is 0 Å². The molecule has 170 valence electrons. The summed E-state index contributed by atoms with van der Waals surface area (Å²) < 4.78 is 11.7. The summed E-state index contributed by atoms with van der Waals surface area (Å²) in [6, 6.07) is 17.9. The van der Waals surface area contributed by atoms with Crippen LogP contribution in [0.2, 0.25) is 0 Å². The monoisotopic (exact) mass is 425 g/mol. The van der Waals surface area contributed by atoms with E-state index >= 15 is 0 Å². The average Bonchev–Trinajstić information content (AvgIpc) is 2.83. The Bertz CT molecular complexity index is 713. The number of ether oxygens (including phenoxy) is 2. The number of rotatable bonds is 13. The molecule has 1 saturated carbocycles. The molecule has 0 radical (unpaired) electrons. The van der Waals surface area contributed by atoms with Gasteiger partial charge in [-0.15, -0.1) is 0 Å². The van der Waals surface area contributed by atoms with Crippen LogP contribution in [0.25, 0.3) is 0 Å². The fourth-order valence-corrected chi connectivity index (χ4v) is 4.17. The molecule has 0 bridgehead atoms. The molecule has 2 aromatic carbocycles. The van der Waals surface area contributed by atoms with Crippen LogP contribution in [0, 0.1) is 5.92 Å². The van der Waals surface area contributed by atoms with Crippen LogP contribution in [-0.2, 0) is 11.3 Å². The first-order valence-corrected chi connectivity index (χ1v) is 12.0. The van der Waals surface area contributed by atoms with Crippen LogP contribution in [-0.4, -0.2) is 30.9 Å². The predicted molar refractivity (Wildman–Crippen MR) is 126 cm³/mol. The quantitative estimate of drug-likeness (QED) is 0.407. The third kappa shape index (κ3) is 8.64. The lowest BCUT2D eigenvalue weighted by atomic mass is 9.90. The van der Waals surface area contributed by atoms with E-state index in [0.717, 1.165) is 55.4 Å². The summed E-state index contributed by atoms with van der Waals surface area (Å²) in [6.45, 7) is 5.26. The van der Waals surface area contributed by atoms with Gasteiger partial charge in [0.25, 0.3) is 0 Å². The number of nitrogens with one attached hydrogen (secondary N) is 1. The minimum absolute atomic E-state index is 0.000700. The highest BCUT2D eigenvalue weighted by molar-refractivity contribution is 5.29. The summed E-state index contributed by atoms with van der Waals surface area (Å²) in [5, 5.41) is 14.1. The van der Waals surface area contributed by atoms with Crippen LogP contribution >= 0.6 is 0 Å². The Kier molecular flexibility index (Phi) is 10.4. The van der Waals surface area contributed by atoms with E-state index in [4.69, 9.17) is 9.47 Å². The number of hydrogen-bond acceptors (Lipinski definition) is 4. The molecule has 1 fully saturated rings. The average molecular weight is 426 g/mol. The first kappa shape index (κ1) is 23.8. The van der Waals surface area contributed by atoms with Crippen molar-refractivity contribution < 1.29 is 14.6 Å². The fraction of sp³-hybridized carbons (Fsp3) is 0.556. The van der Waals surface area contributed by atoms with Crippen LogP contribution in [0.15, 0.2) is 54.6 Å². The molecule has 0 saturated heterocycles. The van der Waals surface area contributed by atoms with Gasteiger partial charge in [0.15, 0.2) is 0 Å². The van der Waals surface area contributed by atoms with E-state index < -0.39 is 6.10 Å². The largest absolute Gasteiger partial charge is 0.489 e. The SMILES string of the molecule is CC(NCCCCOCC1CCCCC1)C(O)c1ccc(OCc2ccccc2)cc1. The summed E-state index contributed by atoms with van der Waals surface area (Å²) in [5.74, 6) is 1.60. The van der Waals surface area contributed by atoms with Crippen LogP contribution < -0.4 is 10.1 Å². The molecule has 0 heterocycles.